The fourth-order valence-electron chi connectivity index (χ4n) is 1.12. The van der Waals surface area contributed by atoms with E-state index in [2.05, 4.69) is 31.9 Å². The third kappa shape index (κ3) is 2.95. The van der Waals surface area contributed by atoms with Crippen LogP contribution < -0.4 is 9.47 Å². The number of ketones is 1. The van der Waals surface area contributed by atoms with Gasteiger partial charge < -0.3 is 9.47 Å². The molecule has 0 spiro atoms. The highest BCUT2D eigenvalue weighted by Gasteiger charge is 2.18. The van der Waals surface area contributed by atoms with Gasteiger partial charge in [0.1, 0.15) is 15.2 Å². The summed E-state index contributed by atoms with van der Waals surface area (Å²) < 4.78 is 9.72. The van der Waals surface area contributed by atoms with Crippen LogP contribution in [0.2, 0.25) is 0 Å². The molecule has 82 valence electrons. The van der Waals surface area contributed by atoms with Crippen molar-refractivity contribution in [2.24, 2.45) is 0 Å². The van der Waals surface area contributed by atoms with Gasteiger partial charge in [0.15, 0.2) is 5.78 Å². The summed E-state index contributed by atoms with van der Waals surface area (Å²) in [6.07, 6.45) is 0. The van der Waals surface area contributed by atoms with E-state index in [4.69, 9.17) is 9.47 Å². The van der Waals surface area contributed by atoms with Crippen LogP contribution in [0.3, 0.4) is 0 Å². The molecule has 0 bridgehead atoms. The fraction of sp³-hybridized carbons (Fsp3) is 0.300. The molecule has 15 heavy (non-hydrogen) atoms. The highest BCUT2D eigenvalue weighted by atomic mass is 79.9. The Kier molecular flexibility index (Phi) is 4.60. The van der Waals surface area contributed by atoms with E-state index in [1.807, 2.05) is 0 Å². The maximum absolute atomic E-state index is 11.8. The second-order valence-electron chi connectivity index (χ2n) is 2.73. The molecule has 1 aromatic carbocycles. The van der Waals surface area contributed by atoms with Crippen LogP contribution in [0.25, 0.3) is 0 Å². The van der Waals surface area contributed by atoms with E-state index < -0.39 is 3.74 Å². The van der Waals surface area contributed by atoms with Crippen molar-refractivity contribution in [2.45, 2.75) is 3.74 Å². The number of methoxy groups -OCH3 is 2. The van der Waals surface area contributed by atoms with Gasteiger partial charge >= 0.3 is 0 Å². The number of hydrogen-bond donors (Lipinski definition) is 0. The molecule has 0 aliphatic rings. The maximum atomic E-state index is 11.8. The number of hydrogen-bond acceptors (Lipinski definition) is 3. The van der Waals surface area contributed by atoms with Gasteiger partial charge in [-0.25, -0.2) is 0 Å². The Morgan fingerprint density at radius 3 is 2.40 bits per heavy atom. The smallest absolute Gasteiger partial charge is 0.190 e. The minimum atomic E-state index is -0.425. The van der Waals surface area contributed by atoms with Crippen LogP contribution >= 0.6 is 31.9 Å². The van der Waals surface area contributed by atoms with Gasteiger partial charge in [-0.2, -0.15) is 0 Å². The normalized spacial score (nSPS) is 10.2. The van der Waals surface area contributed by atoms with E-state index in [0.29, 0.717) is 17.1 Å². The average Bonchev–Trinajstić information content (AvgIpc) is 2.27. The first-order chi connectivity index (χ1) is 7.10. The fourth-order valence-corrected chi connectivity index (χ4v) is 1.62. The first kappa shape index (κ1) is 12.5. The number of carbonyl (C=O) groups is 1. The lowest BCUT2D eigenvalue weighted by molar-refractivity contribution is 0.101. The second-order valence-corrected chi connectivity index (χ2v) is 5.79. The van der Waals surface area contributed by atoms with Crippen LogP contribution in [0.4, 0.5) is 0 Å². The van der Waals surface area contributed by atoms with Gasteiger partial charge in [-0.05, 0) is 18.2 Å². The summed E-state index contributed by atoms with van der Waals surface area (Å²) in [4.78, 5) is 11.8. The van der Waals surface area contributed by atoms with E-state index in [1.54, 1.807) is 25.3 Å². The largest absolute Gasteiger partial charge is 0.497 e. The van der Waals surface area contributed by atoms with Crippen molar-refractivity contribution >= 4 is 37.6 Å². The number of Topliss-reactive ketones (excluding diaryl/α,β-unsaturated/α-hetero) is 1. The summed E-state index contributed by atoms with van der Waals surface area (Å²) in [5.41, 5.74) is 0.482. The Bertz CT molecular complexity index is 364. The van der Waals surface area contributed by atoms with Crippen molar-refractivity contribution in [1.82, 2.24) is 0 Å². The van der Waals surface area contributed by atoms with Crippen molar-refractivity contribution in [1.29, 1.82) is 0 Å². The van der Waals surface area contributed by atoms with Gasteiger partial charge in [-0.15, -0.1) is 0 Å². The minimum absolute atomic E-state index is 0.106. The lowest BCUT2D eigenvalue weighted by Crippen LogP contribution is -2.09. The van der Waals surface area contributed by atoms with Gasteiger partial charge in [-0.3, -0.25) is 4.79 Å². The number of benzene rings is 1. The van der Waals surface area contributed by atoms with Crippen LogP contribution in [0.5, 0.6) is 11.5 Å². The summed E-state index contributed by atoms with van der Waals surface area (Å²) in [5.74, 6) is 1.05. The van der Waals surface area contributed by atoms with Crippen molar-refractivity contribution in [3.8, 4) is 11.5 Å². The van der Waals surface area contributed by atoms with E-state index in [0.717, 1.165) is 0 Å². The molecule has 0 radical (unpaired) electrons. The molecule has 0 aliphatic heterocycles. The quantitative estimate of drug-likeness (QED) is 0.626. The van der Waals surface area contributed by atoms with Gasteiger partial charge in [0.2, 0.25) is 0 Å². The lowest BCUT2D eigenvalue weighted by Gasteiger charge is -2.09. The SMILES string of the molecule is COc1ccc(OC)c(C(=O)C(Br)Br)c1. The van der Waals surface area contributed by atoms with E-state index in [1.165, 1.54) is 7.11 Å². The number of carbonyl (C=O) groups excluding carboxylic acids is 1. The van der Waals surface area contributed by atoms with Crippen LogP contribution in [-0.2, 0) is 0 Å². The Morgan fingerprint density at radius 2 is 1.93 bits per heavy atom. The molecule has 0 aromatic heterocycles. The third-order valence-corrected chi connectivity index (χ3v) is 2.70. The Labute approximate surface area is 105 Å². The monoisotopic (exact) mass is 336 g/mol. The topological polar surface area (TPSA) is 35.5 Å². The van der Waals surface area contributed by atoms with Gasteiger partial charge in [-0.1, -0.05) is 31.9 Å². The van der Waals surface area contributed by atoms with Crippen molar-refractivity contribution in [3.63, 3.8) is 0 Å². The summed E-state index contributed by atoms with van der Waals surface area (Å²) in [6.45, 7) is 0. The molecule has 0 aliphatic carbocycles. The molecule has 0 unspecified atom stereocenters. The van der Waals surface area contributed by atoms with E-state index in [-0.39, 0.29) is 5.78 Å². The molecule has 0 heterocycles. The summed E-state index contributed by atoms with van der Waals surface area (Å²) in [7, 11) is 3.08. The highest BCUT2D eigenvalue weighted by molar-refractivity contribution is 9.25. The first-order valence-corrected chi connectivity index (χ1v) is 5.97. The molecule has 0 amide bonds. The zero-order chi connectivity index (χ0) is 11.4. The number of rotatable bonds is 4. The number of ether oxygens (including phenoxy) is 2. The number of halogens is 2. The molecule has 1 rings (SSSR count). The molecule has 0 saturated heterocycles. The van der Waals surface area contributed by atoms with Crippen molar-refractivity contribution in [2.75, 3.05) is 14.2 Å². The highest BCUT2D eigenvalue weighted by Crippen LogP contribution is 2.27. The Morgan fingerprint density at radius 1 is 1.27 bits per heavy atom. The van der Waals surface area contributed by atoms with Gasteiger partial charge in [0, 0.05) is 0 Å². The van der Waals surface area contributed by atoms with Crippen LogP contribution in [0.1, 0.15) is 10.4 Å². The Hall–Kier alpha value is -0.550. The zero-order valence-electron chi connectivity index (χ0n) is 8.29. The Balaban J connectivity index is 3.17. The predicted octanol–water partition coefficient (Wildman–Crippen LogP) is 3.00. The predicted molar refractivity (Wildman–Crippen MR) is 65.5 cm³/mol. The molecule has 3 nitrogen and oxygen atoms in total. The second kappa shape index (κ2) is 5.51. The molecular formula is C10H10Br2O3. The van der Waals surface area contributed by atoms with Crippen LogP contribution in [0.15, 0.2) is 18.2 Å². The lowest BCUT2D eigenvalue weighted by atomic mass is 10.1. The standard InChI is InChI=1S/C10H10Br2O3/c1-14-6-3-4-8(15-2)7(5-6)9(13)10(11)12/h3-5,10H,1-2H3. The van der Waals surface area contributed by atoms with E-state index >= 15 is 0 Å². The molecule has 0 N–H and O–H groups in total. The molecule has 0 saturated carbocycles. The molecular weight excluding hydrogens is 328 g/mol. The summed E-state index contributed by atoms with van der Waals surface area (Å²) in [5, 5.41) is 0. The van der Waals surface area contributed by atoms with Crippen molar-refractivity contribution in [3.05, 3.63) is 23.8 Å². The molecule has 0 fully saturated rings. The average molecular weight is 338 g/mol. The number of alkyl halides is 2. The van der Waals surface area contributed by atoms with Gasteiger partial charge in [0.05, 0.1) is 19.8 Å². The minimum Gasteiger partial charge on any atom is -0.497 e. The third-order valence-electron chi connectivity index (χ3n) is 1.87. The van der Waals surface area contributed by atoms with Crippen LogP contribution in [0, 0.1) is 0 Å². The maximum Gasteiger partial charge on any atom is 0.190 e. The van der Waals surface area contributed by atoms with Gasteiger partial charge in [0.25, 0.3) is 0 Å². The summed E-state index contributed by atoms with van der Waals surface area (Å²) >= 11 is 6.31. The zero-order valence-corrected chi connectivity index (χ0v) is 11.5. The first-order valence-electron chi connectivity index (χ1n) is 4.14. The summed E-state index contributed by atoms with van der Waals surface area (Å²) in [6, 6.07) is 5.10. The molecule has 5 heteroatoms. The molecule has 0 atom stereocenters. The van der Waals surface area contributed by atoms with E-state index in [9.17, 15) is 4.79 Å². The van der Waals surface area contributed by atoms with Crippen LogP contribution in [-0.4, -0.2) is 23.7 Å². The van der Waals surface area contributed by atoms with Crippen molar-refractivity contribution < 1.29 is 14.3 Å². The molecule has 1 aromatic rings.